The van der Waals surface area contributed by atoms with Gasteiger partial charge in [-0.25, -0.2) is 0 Å². The summed E-state index contributed by atoms with van der Waals surface area (Å²) < 4.78 is 0. The Morgan fingerprint density at radius 3 is 2.45 bits per heavy atom. The molecule has 22 heavy (non-hydrogen) atoms. The van der Waals surface area contributed by atoms with Crippen LogP contribution in [0.3, 0.4) is 0 Å². The number of aliphatic imine (C=N–C) groups is 1. The first-order valence-electron chi connectivity index (χ1n) is 7.06. The van der Waals surface area contributed by atoms with E-state index in [2.05, 4.69) is 10.3 Å². The number of nitrogens with zero attached hydrogens (tertiary/aromatic N) is 1. The van der Waals surface area contributed by atoms with Crippen LogP contribution in [-0.4, -0.2) is 16.7 Å². The number of nitrogens with one attached hydrogen (secondary N) is 1. The van der Waals surface area contributed by atoms with E-state index in [9.17, 15) is 4.79 Å². The van der Waals surface area contributed by atoms with Crippen molar-refractivity contribution in [2.24, 2.45) is 4.99 Å². The molecule has 0 saturated carbocycles. The number of rotatable bonds is 3. The minimum Gasteiger partial charge on any atom is -0.399 e. The topological polar surface area (TPSA) is 67.5 Å². The van der Waals surface area contributed by atoms with Crippen LogP contribution in [0.15, 0.2) is 53.5 Å². The van der Waals surface area contributed by atoms with Gasteiger partial charge in [0, 0.05) is 22.7 Å². The van der Waals surface area contributed by atoms with Gasteiger partial charge in [0.15, 0.2) is 0 Å². The molecule has 0 bridgehead atoms. The van der Waals surface area contributed by atoms with Gasteiger partial charge in [-0.3, -0.25) is 9.79 Å². The summed E-state index contributed by atoms with van der Waals surface area (Å²) in [6.07, 6.45) is 0. The van der Waals surface area contributed by atoms with Crippen molar-refractivity contribution >= 4 is 34.1 Å². The van der Waals surface area contributed by atoms with E-state index in [-0.39, 0.29) is 11.9 Å². The zero-order valence-electron chi connectivity index (χ0n) is 12.2. The summed E-state index contributed by atoms with van der Waals surface area (Å²) in [7, 11) is 0. The van der Waals surface area contributed by atoms with Gasteiger partial charge >= 0.3 is 0 Å². The van der Waals surface area contributed by atoms with Crippen LogP contribution in [0.1, 0.15) is 28.9 Å². The SMILES string of the molecule is CC1=NC(c2ccc(NC(=O)c3ccc(N)cc3)cc2)CS1. The van der Waals surface area contributed by atoms with Gasteiger partial charge in [-0.05, 0) is 48.9 Å². The van der Waals surface area contributed by atoms with Crippen LogP contribution in [0.25, 0.3) is 0 Å². The Bertz CT molecular complexity index is 708. The van der Waals surface area contributed by atoms with Crippen LogP contribution >= 0.6 is 11.8 Å². The van der Waals surface area contributed by atoms with Crippen molar-refractivity contribution in [2.75, 3.05) is 16.8 Å². The van der Waals surface area contributed by atoms with Gasteiger partial charge in [0.2, 0.25) is 0 Å². The molecule has 3 N–H and O–H groups in total. The van der Waals surface area contributed by atoms with Crippen LogP contribution in [-0.2, 0) is 0 Å². The monoisotopic (exact) mass is 311 g/mol. The van der Waals surface area contributed by atoms with E-state index in [0.29, 0.717) is 11.3 Å². The maximum absolute atomic E-state index is 12.1. The Labute approximate surface area is 133 Å². The summed E-state index contributed by atoms with van der Waals surface area (Å²) in [5, 5.41) is 4.01. The van der Waals surface area contributed by atoms with Gasteiger partial charge in [-0.15, -0.1) is 11.8 Å². The summed E-state index contributed by atoms with van der Waals surface area (Å²) in [5.41, 5.74) is 8.81. The highest BCUT2D eigenvalue weighted by Crippen LogP contribution is 2.30. The number of nitrogen functional groups attached to an aromatic ring is 1. The second-order valence-electron chi connectivity index (χ2n) is 5.17. The normalized spacial score (nSPS) is 17.1. The first-order chi connectivity index (χ1) is 10.6. The Hall–Kier alpha value is -2.27. The molecule has 5 heteroatoms. The Morgan fingerprint density at radius 2 is 1.86 bits per heavy atom. The molecule has 112 valence electrons. The van der Waals surface area contributed by atoms with Crippen molar-refractivity contribution in [1.29, 1.82) is 0 Å². The quantitative estimate of drug-likeness (QED) is 0.849. The van der Waals surface area contributed by atoms with E-state index >= 15 is 0 Å². The molecule has 0 aliphatic carbocycles. The minimum atomic E-state index is -0.141. The predicted molar refractivity (Wildman–Crippen MR) is 93.6 cm³/mol. The van der Waals surface area contributed by atoms with Crippen molar-refractivity contribution in [3.8, 4) is 0 Å². The molecule has 2 aromatic carbocycles. The zero-order chi connectivity index (χ0) is 15.5. The fourth-order valence-corrected chi connectivity index (χ4v) is 3.16. The third-order valence-electron chi connectivity index (χ3n) is 3.51. The molecule has 0 saturated heterocycles. The Morgan fingerprint density at radius 1 is 1.18 bits per heavy atom. The average Bonchev–Trinajstić information content (AvgIpc) is 2.95. The number of hydrogen-bond acceptors (Lipinski definition) is 4. The molecular formula is C17H17N3OS. The van der Waals surface area contributed by atoms with Crippen molar-refractivity contribution in [2.45, 2.75) is 13.0 Å². The maximum atomic E-state index is 12.1. The third-order valence-corrected chi connectivity index (χ3v) is 4.52. The summed E-state index contributed by atoms with van der Waals surface area (Å²) >= 11 is 1.78. The molecule has 2 aromatic rings. The number of carbonyl (C=O) groups excluding carboxylic acids is 1. The predicted octanol–water partition coefficient (Wildman–Crippen LogP) is 3.73. The Kier molecular flexibility index (Phi) is 4.15. The van der Waals surface area contributed by atoms with Gasteiger partial charge < -0.3 is 11.1 Å². The lowest BCUT2D eigenvalue weighted by Crippen LogP contribution is -2.11. The van der Waals surface area contributed by atoms with E-state index in [0.717, 1.165) is 16.5 Å². The summed E-state index contributed by atoms with van der Waals surface area (Å²) in [5.74, 6) is 0.848. The second-order valence-corrected chi connectivity index (χ2v) is 6.39. The standard InChI is InChI=1S/C17H17N3OS/c1-11-19-16(10-22-11)12-4-8-15(9-5-12)20-17(21)13-2-6-14(18)7-3-13/h2-9,16H,10,18H2,1H3,(H,20,21). The second kappa shape index (κ2) is 6.23. The number of nitrogens with two attached hydrogens (primary N) is 1. The highest BCUT2D eigenvalue weighted by molar-refractivity contribution is 8.14. The maximum Gasteiger partial charge on any atom is 0.255 e. The van der Waals surface area contributed by atoms with E-state index in [1.165, 1.54) is 5.56 Å². The number of carbonyl (C=O) groups is 1. The fourth-order valence-electron chi connectivity index (χ4n) is 2.29. The van der Waals surface area contributed by atoms with E-state index < -0.39 is 0 Å². The molecular weight excluding hydrogens is 294 g/mol. The van der Waals surface area contributed by atoms with Crippen molar-refractivity contribution in [3.63, 3.8) is 0 Å². The molecule has 0 fully saturated rings. The lowest BCUT2D eigenvalue weighted by Gasteiger charge is -2.09. The van der Waals surface area contributed by atoms with Crippen molar-refractivity contribution in [3.05, 3.63) is 59.7 Å². The molecule has 1 heterocycles. The lowest BCUT2D eigenvalue weighted by atomic mass is 10.1. The van der Waals surface area contributed by atoms with Gasteiger partial charge in [0.05, 0.1) is 11.1 Å². The molecule has 3 rings (SSSR count). The summed E-state index contributed by atoms with van der Waals surface area (Å²) in [4.78, 5) is 16.7. The van der Waals surface area contributed by atoms with Crippen molar-refractivity contribution < 1.29 is 4.79 Å². The summed E-state index contributed by atoms with van der Waals surface area (Å²) in [6, 6.07) is 15.0. The largest absolute Gasteiger partial charge is 0.399 e. The number of amides is 1. The smallest absolute Gasteiger partial charge is 0.255 e. The third kappa shape index (κ3) is 3.31. The molecule has 4 nitrogen and oxygen atoms in total. The molecule has 0 aromatic heterocycles. The average molecular weight is 311 g/mol. The first kappa shape index (κ1) is 14.7. The fraction of sp³-hybridized carbons (Fsp3) is 0.176. The Balaban J connectivity index is 1.68. The van der Waals surface area contributed by atoms with Gasteiger partial charge in [-0.1, -0.05) is 12.1 Å². The van der Waals surface area contributed by atoms with Gasteiger partial charge in [0.25, 0.3) is 5.91 Å². The van der Waals surface area contributed by atoms with Crippen LogP contribution < -0.4 is 11.1 Å². The molecule has 0 spiro atoms. The molecule has 1 atom stereocenters. The first-order valence-corrected chi connectivity index (χ1v) is 8.04. The van der Waals surface area contributed by atoms with Crippen LogP contribution in [0, 0.1) is 0 Å². The minimum absolute atomic E-state index is 0.141. The molecule has 1 amide bonds. The number of anilines is 2. The summed E-state index contributed by atoms with van der Waals surface area (Å²) in [6.45, 7) is 2.03. The number of benzene rings is 2. The van der Waals surface area contributed by atoms with Crippen LogP contribution in [0.2, 0.25) is 0 Å². The zero-order valence-corrected chi connectivity index (χ0v) is 13.1. The highest BCUT2D eigenvalue weighted by atomic mass is 32.2. The van der Waals surface area contributed by atoms with Gasteiger partial charge in [-0.2, -0.15) is 0 Å². The number of thioether (sulfide) groups is 1. The van der Waals surface area contributed by atoms with E-state index in [4.69, 9.17) is 5.73 Å². The van der Waals surface area contributed by atoms with E-state index in [1.807, 2.05) is 31.2 Å². The van der Waals surface area contributed by atoms with Crippen LogP contribution in [0.4, 0.5) is 11.4 Å². The van der Waals surface area contributed by atoms with Crippen LogP contribution in [0.5, 0.6) is 0 Å². The molecule has 1 aliphatic heterocycles. The van der Waals surface area contributed by atoms with E-state index in [1.54, 1.807) is 36.0 Å². The molecule has 1 unspecified atom stereocenters. The lowest BCUT2D eigenvalue weighted by molar-refractivity contribution is 0.102. The highest BCUT2D eigenvalue weighted by Gasteiger charge is 2.17. The van der Waals surface area contributed by atoms with Gasteiger partial charge in [0.1, 0.15) is 0 Å². The van der Waals surface area contributed by atoms with Crippen molar-refractivity contribution in [1.82, 2.24) is 0 Å². The molecule has 1 aliphatic rings. The number of hydrogen-bond donors (Lipinski definition) is 2. The molecule has 0 radical (unpaired) electrons.